The molecule has 23 heavy (non-hydrogen) atoms. The molecule has 0 aliphatic carbocycles. The first-order chi connectivity index (χ1) is 10.8. The lowest BCUT2D eigenvalue weighted by Crippen LogP contribution is -2.47. The summed E-state index contributed by atoms with van der Waals surface area (Å²) < 4.78 is 52.4. The molecule has 1 heterocycles. The molecule has 0 N–H and O–H groups in total. The van der Waals surface area contributed by atoms with Crippen molar-refractivity contribution in [3.8, 4) is 5.75 Å². The predicted octanol–water partition coefficient (Wildman–Crippen LogP) is 2.58. The van der Waals surface area contributed by atoms with E-state index in [2.05, 4.69) is 4.74 Å². The van der Waals surface area contributed by atoms with Crippen LogP contribution in [0.1, 0.15) is 12.5 Å². The van der Waals surface area contributed by atoms with Crippen molar-refractivity contribution in [2.75, 3.05) is 18.1 Å². The summed E-state index contributed by atoms with van der Waals surface area (Å²) in [5.41, 5.74) is 0.159. The number of benzene rings is 1. The summed E-state index contributed by atoms with van der Waals surface area (Å²) in [4.78, 5) is 13.7. The van der Waals surface area contributed by atoms with E-state index in [0.29, 0.717) is 18.1 Å². The van der Waals surface area contributed by atoms with Crippen molar-refractivity contribution in [2.24, 2.45) is 0 Å². The summed E-state index contributed by atoms with van der Waals surface area (Å²) in [6, 6.07) is 5.43. The molecule has 0 radical (unpaired) electrons. The quantitative estimate of drug-likeness (QED) is 0.790. The molecule has 2 atom stereocenters. The second kappa shape index (κ2) is 7.16. The Kier molecular flexibility index (Phi) is 5.46. The van der Waals surface area contributed by atoms with E-state index >= 15 is 0 Å². The lowest BCUT2D eigenvalue weighted by Gasteiger charge is -2.32. The highest BCUT2D eigenvalue weighted by molar-refractivity contribution is 7.85. The second-order valence-corrected chi connectivity index (χ2v) is 6.73. The van der Waals surface area contributed by atoms with Crippen LogP contribution in [0.3, 0.4) is 0 Å². The highest BCUT2D eigenvalue weighted by Gasteiger charge is 2.31. The number of ether oxygens (including phenoxy) is 1. The monoisotopic (exact) mass is 347 g/mol. The Hall–Kier alpha value is -1.83. The summed E-state index contributed by atoms with van der Waals surface area (Å²) >= 11 is 0. The molecule has 0 aromatic heterocycles. The van der Waals surface area contributed by atoms with Gasteiger partial charge in [-0.15, -0.1) is 13.2 Å². The van der Waals surface area contributed by atoms with E-state index in [1.807, 2.05) is 0 Å². The maximum atomic E-state index is 12.3. The Labute approximate surface area is 134 Å². The van der Waals surface area contributed by atoms with Crippen LogP contribution in [-0.4, -0.2) is 45.5 Å². The van der Waals surface area contributed by atoms with Crippen molar-refractivity contribution in [3.05, 3.63) is 35.9 Å². The zero-order valence-corrected chi connectivity index (χ0v) is 13.2. The fourth-order valence-corrected chi connectivity index (χ4v) is 3.57. The zero-order valence-electron chi connectivity index (χ0n) is 12.4. The Morgan fingerprint density at radius 3 is 2.74 bits per heavy atom. The van der Waals surface area contributed by atoms with E-state index in [1.54, 1.807) is 17.9 Å². The molecule has 1 aromatic rings. The molecule has 1 aliphatic heterocycles. The largest absolute Gasteiger partial charge is 0.573 e. The molecule has 0 spiro atoms. The van der Waals surface area contributed by atoms with Crippen molar-refractivity contribution in [2.45, 2.75) is 19.3 Å². The SMILES string of the molecule is CC1CS(=O)CCN1C(=O)/C=C/c1ccccc1OC(F)(F)F. The summed E-state index contributed by atoms with van der Waals surface area (Å²) in [5, 5.41) is 0. The van der Waals surface area contributed by atoms with E-state index in [-0.39, 0.29) is 23.3 Å². The van der Waals surface area contributed by atoms with Crippen LogP contribution >= 0.6 is 0 Å². The van der Waals surface area contributed by atoms with Crippen molar-refractivity contribution in [1.29, 1.82) is 0 Å². The summed E-state index contributed by atoms with van der Waals surface area (Å²) in [5.74, 6) is 0.137. The van der Waals surface area contributed by atoms with E-state index in [0.717, 1.165) is 0 Å². The van der Waals surface area contributed by atoms with Crippen LogP contribution in [-0.2, 0) is 15.6 Å². The number of carbonyl (C=O) groups is 1. The van der Waals surface area contributed by atoms with E-state index in [4.69, 9.17) is 0 Å². The Morgan fingerprint density at radius 2 is 2.09 bits per heavy atom. The van der Waals surface area contributed by atoms with Gasteiger partial charge in [-0.25, -0.2) is 0 Å². The van der Waals surface area contributed by atoms with Gasteiger partial charge >= 0.3 is 6.36 Å². The first-order valence-corrected chi connectivity index (χ1v) is 8.43. The Morgan fingerprint density at radius 1 is 1.39 bits per heavy atom. The van der Waals surface area contributed by atoms with Crippen LogP contribution < -0.4 is 4.74 Å². The van der Waals surface area contributed by atoms with Crippen LogP contribution in [0.4, 0.5) is 13.2 Å². The minimum atomic E-state index is -4.79. The molecule has 4 nitrogen and oxygen atoms in total. The Bertz CT molecular complexity index is 631. The van der Waals surface area contributed by atoms with Gasteiger partial charge in [-0.3, -0.25) is 9.00 Å². The number of hydrogen-bond acceptors (Lipinski definition) is 3. The third-order valence-corrected chi connectivity index (χ3v) is 4.84. The van der Waals surface area contributed by atoms with Gasteiger partial charge in [0.15, 0.2) is 0 Å². The third kappa shape index (κ3) is 5.09. The molecular formula is C15H16F3NO3S. The molecule has 0 bridgehead atoms. The predicted molar refractivity (Wildman–Crippen MR) is 81.2 cm³/mol. The van der Waals surface area contributed by atoms with Gasteiger partial charge < -0.3 is 9.64 Å². The molecule has 1 aliphatic rings. The smallest absolute Gasteiger partial charge is 0.405 e. The molecule has 1 amide bonds. The van der Waals surface area contributed by atoms with Gasteiger partial charge in [0.1, 0.15) is 5.75 Å². The van der Waals surface area contributed by atoms with Crippen LogP contribution in [0.2, 0.25) is 0 Å². The summed E-state index contributed by atoms with van der Waals surface area (Å²) in [6.45, 7) is 2.17. The highest BCUT2D eigenvalue weighted by Crippen LogP contribution is 2.27. The van der Waals surface area contributed by atoms with Crippen molar-refractivity contribution in [3.63, 3.8) is 0 Å². The van der Waals surface area contributed by atoms with Gasteiger partial charge in [0.2, 0.25) is 5.91 Å². The van der Waals surface area contributed by atoms with E-state index in [9.17, 15) is 22.2 Å². The first-order valence-electron chi connectivity index (χ1n) is 6.95. The molecule has 1 saturated heterocycles. The lowest BCUT2D eigenvalue weighted by atomic mass is 10.2. The number of para-hydroxylation sites is 1. The summed E-state index contributed by atoms with van der Waals surface area (Å²) in [6.07, 6.45) is -2.29. The summed E-state index contributed by atoms with van der Waals surface area (Å²) in [7, 11) is -0.926. The van der Waals surface area contributed by atoms with Gasteiger partial charge in [-0.1, -0.05) is 18.2 Å². The number of rotatable bonds is 3. The van der Waals surface area contributed by atoms with Gasteiger partial charge in [0, 0.05) is 46.5 Å². The molecule has 1 aromatic carbocycles. The maximum absolute atomic E-state index is 12.3. The van der Waals surface area contributed by atoms with Crippen LogP contribution in [0.15, 0.2) is 30.3 Å². The average Bonchev–Trinajstić information content (AvgIpc) is 2.44. The third-order valence-electron chi connectivity index (χ3n) is 3.35. The van der Waals surface area contributed by atoms with Crippen molar-refractivity contribution in [1.82, 2.24) is 4.90 Å². The average molecular weight is 347 g/mol. The molecular weight excluding hydrogens is 331 g/mol. The molecule has 0 saturated carbocycles. The number of nitrogens with zero attached hydrogens (tertiary/aromatic N) is 1. The topological polar surface area (TPSA) is 46.6 Å². The normalized spacial score (nSPS) is 22.3. The fourth-order valence-electron chi connectivity index (χ4n) is 2.28. The lowest BCUT2D eigenvalue weighted by molar-refractivity contribution is -0.274. The van der Waals surface area contributed by atoms with Gasteiger partial charge in [0.25, 0.3) is 0 Å². The van der Waals surface area contributed by atoms with Gasteiger partial charge in [-0.2, -0.15) is 0 Å². The number of carbonyl (C=O) groups excluding carboxylic acids is 1. The van der Waals surface area contributed by atoms with E-state index < -0.39 is 17.2 Å². The van der Waals surface area contributed by atoms with Gasteiger partial charge in [-0.05, 0) is 19.1 Å². The van der Waals surface area contributed by atoms with Crippen molar-refractivity contribution < 1.29 is 26.9 Å². The fraction of sp³-hybridized carbons (Fsp3) is 0.400. The number of hydrogen-bond donors (Lipinski definition) is 0. The number of amides is 1. The second-order valence-electron chi connectivity index (χ2n) is 5.11. The maximum Gasteiger partial charge on any atom is 0.573 e. The molecule has 8 heteroatoms. The molecule has 126 valence electrons. The standard InChI is InChI=1S/C15H16F3NO3S/c1-11-10-23(21)9-8-19(11)14(20)7-6-12-4-2-3-5-13(12)22-15(16,17)18/h2-7,11H,8-10H2,1H3/b7-6+. The van der Waals surface area contributed by atoms with Gasteiger partial charge in [0.05, 0.1) is 0 Å². The number of halogens is 3. The Balaban J connectivity index is 2.11. The van der Waals surface area contributed by atoms with Crippen LogP contribution in [0.25, 0.3) is 6.08 Å². The van der Waals surface area contributed by atoms with Crippen LogP contribution in [0.5, 0.6) is 5.75 Å². The highest BCUT2D eigenvalue weighted by atomic mass is 32.2. The minimum Gasteiger partial charge on any atom is -0.405 e. The van der Waals surface area contributed by atoms with Crippen LogP contribution in [0, 0.1) is 0 Å². The molecule has 1 fully saturated rings. The first kappa shape index (κ1) is 17.5. The minimum absolute atomic E-state index is 0.159. The zero-order chi connectivity index (χ0) is 17.0. The van der Waals surface area contributed by atoms with Crippen molar-refractivity contribution >= 4 is 22.8 Å². The van der Waals surface area contributed by atoms with E-state index in [1.165, 1.54) is 30.4 Å². The molecule has 2 rings (SSSR count). The number of alkyl halides is 3. The molecule has 2 unspecified atom stereocenters.